The fourth-order valence-corrected chi connectivity index (χ4v) is 1.75. The summed E-state index contributed by atoms with van der Waals surface area (Å²) in [5.74, 6) is 1.49. The molecule has 0 aliphatic heterocycles. The Hall–Kier alpha value is -2.37. The van der Waals surface area contributed by atoms with Gasteiger partial charge in [0.05, 0.1) is 0 Å². The van der Waals surface area contributed by atoms with E-state index in [-0.39, 0.29) is 5.91 Å². The smallest absolute Gasteiger partial charge is 0.251 e. The minimum absolute atomic E-state index is 0.0986. The SMILES string of the molecule is CCCNc1cc(C(=O)NCCc2ncc[nH]2)ccn1. The second kappa shape index (κ2) is 7.28. The van der Waals surface area contributed by atoms with Crippen LogP contribution in [0, 0.1) is 0 Å². The summed E-state index contributed by atoms with van der Waals surface area (Å²) in [6, 6.07) is 3.47. The minimum Gasteiger partial charge on any atom is -0.370 e. The number of H-pyrrole nitrogens is 1. The van der Waals surface area contributed by atoms with Gasteiger partial charge >= 0.3 is 0 Å². The summed E-state index contributed by atoms with van der Waals surface area (Å²) in [4.78, 5) is 23.3. The molecule has 3 N–H and O–H groups in total. The number of carbonyl (C=O) groups excluding carboxylic acids is 1. The molecule has 0 aliphatic carbocycles. The number of nitrogens with zero attached hydrogens (tertiary/aromatic N) is 2. The van der Waals surface area contributed by atoms with Gasteiger partial charge in [0, 0.05) is 43.7 Å². The van der Waals surface area contributed by atoms with Gasteiger partial charge in [-0.3, -0.25) is 4.79 Å². The maximum absolute atomic E-state index is 12.0. The highest BCUT2D eigenvalue weighted by Gasteiger charge is 2.06. The van der Waals surface area contributed by atoms with E-state index in [0.717, 1.165) is 24.6 Å². The topological polar surface area (TPSA) is 82.7 Å². The molecule has 0 saturated heterocycles. The van der Waals surface area contributed by atoms with Crippen molar-refractivity contribution in [3.63, 3.8) is 0 Å². The monoisotopic (exact) mass is 273 g/mol. The van der Waals surface area contributed by atoms with E-state index in [1.807, 2.05) is 0 Å². The first-order chi connectivity index (χ1) is 9.79. The van der Waals surface area contributed by atoms with Crippen LogP contribution >= 0.6 is 0 Å². The Labute approximate surface area is 118 Å². The van der Waals surface area contributed by atoms with Gasteiger partial charge in [-0.15, -0.1) is 0 Å². The van der Waals surface area contributed by atoms with Crippen LogP contribution in [-0.4, -0.2) is 33.9 Å². The Balaban J connectivity index is 1.85. The van der Waals surface area contributed by atoms with Gasteiger partial charge in [0.25, 0.3) is 5.91 Å². The van der Waals surface area contributed by atoms with Crippen LogP contribution in [0.5, 0.6) is 0 Å². The molecule has 0 saturated carbocycles. The van der Waals surface area contributed by atoms with E-state index in [9.17, 15) is 4.79 Å². The van der Waals surface area contributed by atoms with Gasteiger partial charge in [0.1, 0.15) is 11.6 Å². The van der Waals surface area contributed by atoms with Crippen LogP contribution in [0.4, 0.5) is 5.82 Å². The minimum atomic E-state index is -0.0986. The van der Waals surface area contributed by atoms with E-state index in [1.54, 1.807) is 30.7 Å². The van der Waals surface area contributed by atoms with Gasteiger partial charge in [-0.25, -0.2) is 9.97 Å². The molecule has 1 amide bonds. The van der Waals surface area contributed by atoms with Crippen LogP contribution in [0.1, 0.15) is 29.5 Å². The van der Waals surface area contributed by atoms with Crippen molar-refractivity contribution in [3.8, 4) is 0 Å². The molecule has 2 aromatic heterocycles. The second-order valence-electron chi connectivity index (χ2n) is 4.40. The highest BCUT2D eigenvalue weighted by molar-refractivity contribution is 5.94. The Bertz CT molecular complexity index is 538. The van der Waals surface area contributed by atoms with Crippen LogP contribution in [0.25, 0.3) is 0 Å². The fraction of sp³-hybridized carbons (Fsp3) is 0.357. The number of carbonyl (C=O) groups is 1. The molecule has 0 atom stereocenters. The van der Waals surface area contributed by atoms with Crippen molar-refractivity contribution in [2.45, 2.75) is 19.8 Å². The Kier molecular flexibility index (Phi) is 5.11. The largest absolute Gasteiger partial charge is 0.370 e. The normalized spacial score (nSPS) is 10.2. The van der Waals surface area contributed by atoms with Crippen molar-refractivity contribution in [3.05, 3.63) is 42.1 Å². The lowest BCUT2D eigenvalue weighted by atomic mass is 10.2. The quantitative estimate of drug-likeness (QED) is 0.715. The van der Waals surface area contributed by atoms with Crippen LogP contribution in [-0.2, 0) is 6.42 Å². The van der Waals surface area contributed by atoms with Crippen LogP contribution in [0.3, 0.4) is 0 Å². The van der Waals surface area contributed by atoms with Gasteiger partial charge in [0.2, 0.25) is 0 Å². The third-order valence-corrected chi connectivity index (χ3v) is 2.78. The van der Waals surface area contributed by atoms with E-state index >= 15 is 0 Å². The van der Waals surface area contributed by atoms with Crippen LogP contribution in [0.15, 0.2) is 30.7 Å². The number of amides is 1. The summed E-state index contributed by atoms with van der Waals surface area (Å²) in [6.45, 7) is 3.47. The number of nitrogens with one attached hydrogen (secondary N) is 3. The van der Waals surface area contributed by atoms with Gasteiger partial charge in [-0.2, -0.15) is 0 Å². The lowest BCUT2D eigenvalue weighted by Gasteiger charge is -2.07. The maximum Gasteiger partial charge on any atom is 0.251 e. The average molecular weight is 273 g/mol. The molecule has 0 fully saturated rings. The van der Waals surface area contributed by atoms with E-state index in [1.165, 1.54) is 0 Å². The molecule has 0 aromatic carbocycles. The number of aromatic nitrogens is 3. The Morgan fingerprint density at radius 3 is 2.95 bits per heavy atom. The number of hydrogen-bond acceptors (Lipinski definition) is 4. The van der Waals surface area contributed by atoms with Gasteiger partial charge in [0.15, 0.2) is 0 Å². The summed E-state index contributed by atoms with van der Waals surface area (Å²) in [7, 11) is 0. The molecule has 2 rings (SSSR count). The van der Waals surface area contributed by atoms with E-state index < -0.39 is 0 Å². The van der Waals surface area contributed by atoms with E-state index in [4.69, 9.17) is 0 Å². The number of aromatic amines is 1. The zero-order valence-electron chi connectivity index (χ0n) is 11.5. The highest BCUT2D eigenvalue weighted by Crippen LogP contribution is 2.06. The molecule has 0 radical (unpaired) electrons. The second-order valence-corrected chi connectivity index (χ2v) is 4.40. The third-order valence-electron chi connectivity index (χ3n) is 2.78. The summed E-state index contributed by atoms with van der Waals surface area (Å²) in [6.07, 6.45) is 6.81. The number of pyridine rings is 1. The zero-order valence-corrected chi connectivity index (χ0v) is 11.5. The highest BCUT2D eigenvalue weighted by atomic mass is 16.1. The molecule has 0 unspecified atom stereocenters. The summed E-state index contributed by atoms with van der Waals surface area (Å²) >= 11 is 0. The molecule has 106 valence electrons. The maximum atomic E-state index is 12.0. The first kappa shape index (κ1) is 14.0. The van der Waals surface area contributed by atoms with Crippen LogP contribution < -0.4 is 10.6 Å². The van der Waals surface area contributed by atoms with Crippen molar-refractivity contribution in [2.75, 3.05) is 18.4 Å². The molecular formula is C14H19N5O. The molecule has 0 spiro atoms. The van der Waals surface area contributed by atoms with Crippen molar-refractivity contribution in [1.82, 2.24) is 20.3 Å². The van der Waals surface area contributed by atoms with Crippen molar-refractivity contribution in [2.24, 2.45) is 0 Å². The van der Waals surface area contributed by atoms with Crippen molar-refractivity contribution in [1.29, 1.82) is 0 Å². The van der Waals surface area contributed by atoms with Gasteiger partial charge in [-0.1, -0.05) is 6.92 Å². The summed E-state index contributed by atoms with van der Waals surface area (Å²) < 4.78 is 0. The number of hydrogen-bond donors (Lipinski definition) is 3. The standard InChI is InChI=1S/C14H19N5O/c1-2-5-15-13-10-11(3-6-16-13)14(20)19-7-4-12-17-8-9-18-12/h3,6,8-10H,2,4-5,7H2,1H3,(H,15,16)(H,17,18)(H,19,20). The molecule has 6 heteroatoms. The summed E-state index contributed by atoms with van der Waals surface area (Å²) in [5, 5.41) is 6.03. The van der Waals surface area contributed by atoms with Crippen molar-refractivity contribution >= 4 is 11.7 Å². The Morgan fingerprint density at radius 2 is 2.20 bits per heavy atom. The molecule has 2 aromatic rings. The van der Waals surface area contributed by atoms with Crippen LogP contribution in [0.2, 0.25) is 0 Å². The molecule has 6 nitrogen and oxygen atoms in total. The van der Waals surface area contributed by atoms with E-state index in [2.05, 4.69) is 32.5 Å². The predicted molar refractivity (Wildman–Crippen MR) is 77.6 cm³/mol. The summed E-state index contributed by atoms with van der Waals surface area (Å²) in [5.41, 5.74) is 0.609. The third kappa shape index (κ3) is 4.08. The molecule has 20 heavy (non-hydrogen) atoms. The average Bonchev–Trinajstić information content (AvgIpc) is 2.98. The molecule has 0 aliphatic rings. The Morgan fingerprint density at radius 1 is 1.30 bits per heavy atom. The number of imidazole rings is 1. The first-order valence-electron chi connectivity index (χ1n) is 6.76. The number of rotatable bonds is 7. The predicted octanol–water partition coefficient (Wildman–Crippen LogP) is 1.60. The first-order valence-corrected chi connectivity index (χ1v) is 6.76. The molecule has 0 bridgehead atoms. The lowest BCUT2D eigenvalue weighted by Crippen LogP contribution is -2.26. The van der Waals surface area contributed by atoms with E-state index in [0.29, 0.717) is 18.5 Å². The zero-order chi connectivity index (χ0) is 14.2. The van der Waals surface area contributed by atoms with Gasteiger partial charge < -0.3 is 15.6 Å². The number of anilines is 1. The van der Waals surface area contributed by atoms with Gasteiger partial charge in [-0.05, 0) is 18.6 Å². The lowest BCUT2D eigenvalue weighted by molar-refractivity contribution is 0.0954. The molecular weight excluding hydrogens is 254 g/mol. The fourth-order valence-electron chi connectivity index (χ4n) is 1.75. The van der Waals surface area contributed by atoms with Crippen molar-refractivity contribution < 1.29 is 4.79 Å². The molecule has 2 heterocycles.